The largest absolute Gasteiger partial charge is 0.357 e. The van der Waals surface area contributed by atoms with Crippen molar-refractivity contribution in [2.24, 2.45) is 0 Å². The third-order valence-electron chi connectivity index (χ3n) is 2.17. The van der Waals surface area contributed by atoms with Crippen LogP contribution in [0.5, 0.6) is 0 Å². The van der Waals surface area contributed by atoms with Crippen molar-refractivity contribution in [1.29, 1.82) is 0 Å². The second kappa shape index (κ2) is 4.86. The Balaban J connectivity index is 2.36. The van der Waals surface area contributed by atoms with Crippen LogP contribution in [-0.4, -0.2) is 19.6 Å². The van der Waals surface area contributed by atoms with Crippen molar-refractivity contribution in [1.82, 2.24) is 0 Å². The van der Waals surface area contributed by atoms with Gasteiger partial charge in [-0.2, -0.15) is 8.42 Å². The van der Waals surface area contributed by atoms with Crippen LogP contribution in [-0.2, 0) is 24.1 Å². The van der Waals surface area contributed by atoms with Crippen LogP contribution in [0.3, 0.4) is 0 Å². The normalized spacial score (nSPS) is 19.5. The Hall–Kier alpha value is -0.460. The highest BCUT2D eigenvalue weighted by Crippen LogP contribution is 2.20. The molecule has 0 aromatic heterocycles. The fourth-order valence-electron chi connectivity index (χ4n) is 1.32. The summed E-state index contributed by atoms with van der Waals surface area (Å²) in [5.41, 5.74) is 0. The summed E-state index contributed by atoms with van der Waals surface area (Å²) in [5, 5.41) is -1.03. The summed E-state index contributed by atoms with van der Waals surface area (Å²) >= 11 is 0. The van der Waals surface area contributed by atoms with Crippen LogP contribution in [0.15, 0.2) is 0 Å². The van der Waals surface area contributed by atoms with Crippen molar-refractivity contribution < 1.29 is 22.4 Å². The van der Waals surface area contributed by atoms with E-state index in [9.17, 15) is 13.2 Å². The lowest BCUT2D eigenvalue weighted by atomic mass is 9.98. The molecule has 0 N–H and O–H groups in total. The quantitative estimate of drug-likeness (QED) is 0.529. The lowest BCUT2D eigenvalue weighted by Gasteiger charge is -2.19. The second-order valence-electron chi connectivity index (χ2n) is 3.37. The van der Waals surface area contributed by atoms with E-state index >= 15 is 0 Å². The minimum atomic E-state index is -4.16. The molecule has 1 rings (SSSR count). The molecule has 5 nitrogen and oxygen atoms in total. The summed E-state index contributed by atoms with van der Waals surface area (Å²) in [5.74, 6) is 0. The van der Waals surface area contributed by atoms with E-state index in [2.05, 4.69) is 4.33 Å². The first-order valence-corrected chi connectivity index (χ1v) is 6.04. The maximum absolute atomic E-state index is 10.9. The van der Waals surface area contributed by atoms with Gasteiger partial charge in [-0.25, -0.2) is 4.89 Å². The molecule has 1 aliphatic carbocycles. The molecule has 0 aromatic rings. The first-order chi connectivity index (χ1) is 6.52. The Labute approximate surface area is 83.4 Å². The summed E-state index contributed by atoms with van der Waals surface area (Å²) in [4.78, 5) is 15.2. The number of hydrogen-bond donors (Lipinski definition) is 0. The molecular formula is C8H14O5S. The smallest absolute Gasteiger partial charge is 0.279 e. The predicted octanol–water partition coefficient (Wildman–Crippen LogP) is 1.14. The van der Waals surface area contributed by atoms with E-state index in [1.54, 1.807) is 0 Å². The topological polar surface area (TPSA) is 69.7 Å². The minimum absolute atomic E-state index is 0.196. The Morgan fingerprint density at radius 3 is 2.29 bits per heavy atom. The molecule has 0 spiro atoms. The van der Waals surface area contributed by atoms with Crippen molar-refractivity contribution in [3.8, 4) is 0 Å². The van der Waals surface area contributed by atoms with Crippen LogP contribution in [0.2, 0.25) is 0 Å². The zero-order valence-electron chi connectivity index (χ0n) is 8.06. The van der Waals surface area contributed by atoms with Crippen LogP contribution in [0, 0.1) is 0 Å². The summed E-state index contributed by atoms with van der Waals surface area (Å²) in [6.07, 6.45) is 4.53. The first kappa shape index (κ1) is 11.6. The van der Waals surface area contributed by atoms with E-state index in [0.717, 1.165) is 39.0 Å². The molecule has 1 fully saturated rings. The Kier molecular flexibility index (Phi) is 4.03. The summed E-state index contributed by atoms with van der Waals surface area (Å²) < 4.78 is 25.9. The van der Waals surface area contributed by atoms with Crippen molar-refractivity contribution in [2.75, 3.05) is 0 Å². The van der Waals surface area contributed by atoms with E-state index in [1.807, 2.05) is 0 Å². The van der Waals surface area contributed by atoms with E-state index in [0.29, 0.717) is 0 Å². The number of hydrogen-bond acceptors (Lipinski definition) is 5. The molecular weight excluding hydrogens is 208 g/mol. The molecule has 6 heteroatoms. The maximum Gasteiger partial charge on any atom is 0.357 e. The van der Waals surface area contributed by atoms with E-state index in [-0.39, 0.29) is 6.10 Å². The van der Waals surface area contributed by atoms with Crippen molar-refractivity contribution >= 4 is 15.2 Å². The van der Waals surface area contributed by atoms with Gasteiger partial charge in [0.25, 0.3) is 5.12 Å². The average molecular weight is 222 g/mol. The first-order valence-electron chi connectivity index (χ1n) is 4.63. The Morgan fingerprint density at radius 2 is 1.79 bits per heavy atom. The fourth-order valence-corrected chi connectivity index (χ4v) is 1.63. The summed E-state index contributed by atoms with van der Waals surface area (Å²) in [6.45, 7) is 0.930. The van der Waals surface area contributed by atoms with Crippen LogP contribution in [0.4, 0.5) is 0 Å². The van der Waals surface area contributed by atoms with Gasteiger partial charge in [0.2, 0.25) is 0 Å². The van der Waals surface area contributed by atoms with Gasteiger partial charge in [-0.05, 0) is 12.8 Å². The molecule has 0 heterocycles. The fraction of sp³-hybridized carbons (Fsp3) is 0.875. The molecule has 14 heavy (non-hydrogen) atoms. The van der Waals surface area contributed by atoms with Gasteiger partial charge in [0.1, 0.15) is 0 Å². The average Bonchev–Trinajstić information content (AvgIpc) is 2.16. The van der Waals surface area contributed by atoms with Crippen molar-refractivity contribution in [3.63, 3.8) is 0 Å². The Bertz CT molecular complexity index is 289. The van der Waals surface area contributed by atoms with Gasteiger partial charge in [0.05, 0.1) is 6.10 Å². The molecule has 0 saturated heterocycles. The number of carbonyl (C=O) groups is 1. The zero-order valence-corrected chi connectivity index (χ0v) is 8.88. The van der Waals surface area contributed by atoms with Crippen molar-refractivity contribution in [3.05, 3.63) is 0 Å². The molecule has 82 valence electrons. The van der Waals surface area contributed by atoms with Gasteiger partial charge in [0.15, 0.2) is 0 Å². The van der Waals surface area contributed by atoms with Gasteiger partial charge in [-0.15, -0.1) is 4.33 Å². The Morgan fingerprint density at radius 1 is 1.21 bits per heavy atom. The zero-order chi connectivity index (χ0) is 10.6. The van der Waals surface area contributed by atoms with Gasteiger partial charge in [0, 0.05) is 6.92 Å². The predicted molar refractivity (Wildman–Crippen MR) is 48.6 cm³/mol. The molecule has 0 bridgehead atoms. The summed E-state index contributed by atoms with van der Waals surface area (Å²) in [6, 6.07) is 0. The number of carbonyl (C=O) groups excluding carboxylic acids is 1. The van der Waals surface area contributed by atoms with E-state index < -0.39 is 15.2 Å². The second-order valence-corrected chi connectivity index (χ2v) is 4.99. The molecule has 0 radical (unpaired) electrons. The van der Waals surface area contributed by atoms with Gasteiger partial charge < -0.3 is 0 Å². The third-order valence-corrected chi connectivity index (χ3v) is 3.13. The van der Waals surface area contributed by atoms with Crippen LogP contribution in [0.25, 0.3) is 0 Å². The molecule has 0 atom stereocenters. The maximum atomic E-state index is 10.9. The standard InChI is InChI=1S/C8H14O5S/c1-7(9)14(10,11)13-12-8-5-3-2-4-6-8/h8H,2-6H2,1H3. The number of rotatable bonds is 3. The van der Waals surface area contributed by atoms with Crippen LogP contribution < -0.4 is 0 Å². The van der Waals surface area contributed by atoms with Crippen molar-refractivity contribution in [2.45, 2.75) is 45.1 Å². The summed E-state index contributed by atoms with van der Waals surface area (Å²) in [7, 11) is -4.16. The minimum Gasteiger partial charge on any atom is -0.279 e. The highest BCUT2D eigenvalue weighted by atomic mass is 32.2. The van der Waals surface area contributed by atoms with E-state index in [1.165, 1.54) is 0 Å². The molecule has 1 saturated carbocycles. The molecule has 0 aromatic carbocycles. The SMILES string of the molecule is CC(=O)S(=O)(=O)OOC1CCCCC1. The highest BCUT2D eigenvalue weighted by molar-refractivity contribution is 8.01. The van der Waals surface area contributed by atoms with Crippen LogP contribution >= 0.6 is 0 Å². The molecule has 0 unspecified atom stereocenters. The molecule has 1 aliphatic rings. The third kappa shape index (κ3) is 3.36. The molecule has 0 aliphatic heterocycles. The monoisotopic (exact) mass is 222 g/mol. The van der Waals surface area contributed by atoms with Gasteiger partial charge >= 0.3 is 10.1 Å². The lowest BCUT2D eigenvalue weighted by Crippen LogP contribution is -2.22. The van der Waals surface area contributed by atoms with Gasteiger partial charge in [-0.1, -0.05) is 19.3 Å². The van der Waals surface area contributed by atoms with Crippen LogP contribution in [0.1, 0.15) is 39.0 Å². The van der Waals surface area contributed by atoms with E-state index in [4.69, 9.17) is 4.89 Å². The highest BCUT2D eigenvalue weighted by Gasteiger charge is 2.23. The van der Waals surface area contributed by atoms with Gasteiger partial charge in [-0.3, -0.25) is 4.79 Å². The lowest BCUT2D eigenvalue weighted by molar-refractivity contribution is -0.246. The molecule has 0 amide bonds.